The topological polar surface area (TPSA) is 76.8 Å². The summed E-state index contributed by atoms with van der Waals surface area (Å²) in [6, 6.07) is 31.9. The molecule has 41 heavy (non-hydrogen) atoms. The van der Waals surface area contributed by atoms with Gasteiger partial charge in [0.15, 0.2) is 5.11 Å². The van der Waals surface area contributed by atoms with Crippen LogP contribution in [-0.4, -0.2) is 23.2 Å². The number of para-hydroxylation sites is 1. The van der Waals surface area contributed by atoms with Crippen molar-refractivity contribution in [3.05, 3.63) is 132 Å². The number of thiocarbonyl (C=S) groups is 1. The summed E-state index contributed by atoms with van der Waals surface area (Å²) < 4.78 is 17.6. The summed E-state index contributed by atoms with van der Waals surface area (Å²) in [7, 11) is 1.37. The van der Waals surface area contributed by atoms with Crippen molar-refractivity contribution >= 4 is 29.0 Å². The Kier molecular flexibility index (Phi) is 7.22. The zero-order chi connectivity index (χ0) is 28.3. The maximum atomic E-state index is 12.4. The Hall–Kier alpha value is -4.95. The number of benzene rings is 3. The molecule has 1 saturated heterocycles. The number of furan rings is 1. The maximum Gasteiger partial charge on any atom is 0.338 e. The molecule has 2 atom stereocenters. The summed E-state index contributed by atoms with van der Waals surface area (Å²) in [5.74, 6) is 2.33. The number of pyridine rings is 1. The van der Waals surface area contributed by atoms with Gasteiger partial charge < -0.3 is 24.1 Å². The van der Waals surface area contributed by atoms with E-state index in [9.17, 15) is 4.79 Å². The first kappa shape index (κ1) is 26.3. The van der Waals surface area contributed by atoms with Crippen LogP contribution < -0.4 is 15.0 Å². The fraction of sp³-hybridized carbons (Fsp3) is 0.121. The van der Waals surface area contributed by atoms with Crippen LogP contribution in [0.3, 0.4) is 0 Å². The minimum atomic E-state index is -0.428. The number of nitrogens with one attached hydrogen (secondary N) is 1. The van der Waals surface area contributed by atoms with Gasteiger partial charge in [-0.1, -0.05) is 42.5 Å². The van der Waals surface area contributed by atoms with Crippen LogP contribution in [-0.2, 0) is 4.74 Å². The molecule has 0 radical (unpaired) electrons. The van der Waals surface area contributed by atoms with Crippen LogP contribution in [0.1, 0.15) is 39.5 Å². The minimum absolute atomic E-state index is 0.276. The molecule has 1 aliphatic heterocycles. The molecular formula is C33H27N3O4S. The van der Waals surface area contributed by atoms with Crippen molar-refractivity contribution in [3.63, 3.8) is 0 Å². The summed E-state index contributed by atoms with van der Waals surface area (Å²) in [6.07, 6.45) is 1.76. The predicted octanol–water partition coefficient (Wildman–Crippen LogP) is 7.41. The Morgan fingerprint density at radius 3 is 2.44 bits per heavy atom. The number of ether oxygens (including phenoxy) is 2. The van der Waals surface area contributed by atoms with Crippen molar-refractivity contribution in [1.82, 2.24) is 10.3 Å². The molecule has 0 saturated carbocycles. The largest absolute Gasteiger partial charge is 0.465 e. The highest BCUT2D eigenvalue weighted by Crippen LogP contribution is 2.43. The molecule has 7 nitrogen and oxygen atoms in total. The third-order valence-corrected chi connectivity index (χ3v) is 7.37. The molecule has 8 heteroatoms. The van der Waals surface area contributed by atoms with Crippen molar-refractivity contribution in [1.29, 1.82) is 0 Å². The van der Waals surface area contributed by atoms with E-state index in [0.717, 1.165) is 28.4 Å². The molecule has 2 aromatic heterocycles. The Morgan fingerprint density at radius 1 is 0.927 bits per heavy atom. The van der Waals surface area contributed by atoms with E-state index in [2.05, 4.69) is 10.3 Å². The van der Waals surface area contributed by atoms with Gasteiger partial charge in [0.2, 0.25) is 0 Å². The molecule has 5 aromatic rings. The normalized spacial score (nSPS) is 16.3. The van der Waals surface area contributed by atoms with E-state index in [0.29, 0.717) is 27.8 Å². The predicted molar refractivity (Wildman–Crippen MR) is 161 cm³/mol. The van der Waals surface area contributed by atoms with Crippen LogP contribution in [0.4, 0.5) is 5.69 Å². The Labute approximate surface area is 243 Å². The van der Waals surface area contributed by atoms with Gasteiger partial charge in [0.25, 0.3) is 0 Å². The number of hydrogen-bond donors (Lipinski definition) is 1. The van der Waals surface area contributed by atoms with Gasteiger partial charge in [-0.05, 0) is 85.4 Å². The van der Waals surface area contributed by atoms with Crippen molar-refractivity contribution in [2.75, 3.05) is 12.0 Å². The van der Waals surface area contributed by atoms with E-state index in [1.807, 2.05) is 103 Å². The van der Waals surface area contributed by atoms with E-state index >= 15 is 0 Å². The second kappa shape index (κ2) is 11.3. The number of aryl methyl sites for hydroxylation is 1. The van der Waals surface area contributed by atoms with E-state index in [1.54, 1.807) is 18.3 Å². The van der Waals surface area contributed by atoms with Crippen molar-refractivity contribution in [2.24, 2.45) is 0 Å². The average Bonchev–Trinajstić information content (AvgIpc) is 3.63. The van der Waals surface area contributed by atoms with Gasteiger partial charge in [0.1, 0.15) is 29.1 Å². The van der Waals surface area contributed by atoms with Crippen LogP contribution in [0, 0.1) is 6.92 Å². The van der Waals surface area contributed by atoms with Crippen LogP contribution in [0.15, 0.2) is 114 Å². The summed E-state index contributed by atoms with van der Waals surface area (Å²) in [5, 5.41) is 3.99. The van der Waals surface area contributed by atoms with Gasteiger partial charge in [-0.15, -0.1) is 0 Å². The smallest absolute Gasteiger partial charge is 0.338 e. The molecule has 3 heterocycles. The lowest BCUT2D eigenvalue weighted by Crippen LogP contribution is -2.29. The third-order valence-electron chi connectivity index (χ3n) is 7.05. The Morgan fingerprint density at radius 2 is 1.68 bits per heavy atom. The Balaban J connectivity index is 1.37. The fourth-order valence-corrected chi connectivity index (χ4v) is 5.38. The summed E-state index contributed by atoms with van der Waals surface area (Å²) in [4.78, 5) is 19.1. The number of aromatic nitrogens is 1. The van der Waals surface area contributed by atoms with Crippen LogP contribution in [0.5, 0.6) is 11.5 Å². The van der Waals surface area contributed by atoms with Crippen molar-refractivity contribution in [2.45, 2.75) is 19.0 Å². The zero-order valence-electron chi connectivity index (χ0n) is 22.5. The molecule has 6 rings (SSSR count). The molecule has 1 aliphatic rings. The molecular weight excluding hydrogens is 534 g/mol. The lowest BCUT2D eigenvalue weighted by Gasteiger charge is -2.26. The first-order chi connectivity index (χ1) is 20.0. The molecule has 0 unspecified atom stereocenters. The second-order valence-corrected chi connectivity index (χ2v) is 9.98. The van der Waals surface area contributed by atoms with Crippen LogP contribution >= 0.6 is 12.2 Å². The highest BCUT2D eigenvalue weighted by molar-refractivity contribution is 7.80. The first-order valence-corrected chi connectivity index (χ1v) is 13.6. The van der Waals surface area contributed by atoms with Crippen LogP contribution in [0.2, 0.25) is 0 Å². The number of carbonyl (C=O) groups excluding carboxylic acids is 1. The third kappa shape index (κ3) is 5.17. The highest BCUT2D eigenvalue weighted by atomic mass is 32.1. The number of methoxy groups -OCH3 is 1. The maximum absolute atomic E-state index is 12.4. The number of carbonyl (C=O) groups is 1. The second-order valence-electron chi connectivity index (χ2n) is 9.60. The van der Waals surface area contributed by atoms with Crippen LogP contribution in [0.25, 0.3) is 11.3 Å². The standard InChI is InChI=1S/C33H27N3O4S/c1-21-9-3-6-13-27(21)39-23-16-14-22(15-17-23)36-31(30(35-33(36)41)26-12-7-8-20-34-26)29-19-18-28(40-29)24-10-4-5-11-25(24)32(37)38-2/h3-20,30-31H,1-2H3,(H,35,41)/t30-,31+/m0/s1. The van der Waals surface area contributed by atoms with E-state index in [-0.39, 0.29) is 12.1 Å². The van der Waals surface area contributed by atoms with Crippen molar-refractivity contribution < 1.29 is 18.7 Å². The SMILES string of the molecule is COC(=O)c1ccccc1-c1ccc([C@@H]2[C@H](c3ccccn3)NC(=S)N2c2ccc(Oc3ccccc3C)cc2)o1. The summed E-state index contributed by atoms with van der Waals surface area (Å²) in [5.41, 5.74) is 3.84. The number of anilines is 1. The van der Waals surface area contributed by atoms with E-state index < -0.39 is 5.97 Å². The fourth-order valence-electron chi connectivity index (χ4n) is 5.04. The molecule has 0 aliphatic carbocycles. The van der Waals surface area contributed by atoms with E-state index in [4.69, 9.17) is 26.1 Å². The van der Waals surface area contributed by atoms with Gasteiger partial charge in [0, 0.05) is 17.4 Å². The lowest BCUT2D eigenvalue weighted by molar-refractivity contribution is 0.0601. The average molecular weight is 562 g/mol. The van der Waals surface area contributed by atoms with Gasteiger partial charge in [-0.2, -0.15) is 0 Å². The molecule has 3 aromatic carbocycles. The monoisotopic (exact) mass is 561 g/mol. The Bertz CT molecular complexity index is 1700. The zero-order valence-corrected chi connectivity index (χ0v) is 23.3. The van der Waals surface area contributed by atoms with Gasteiger partial charge in [-0.25, -0.2) is 4.79 Å². The quantitative estimate of drug-likeness (QED) is 0.163. The summed E-state index contributed by atoms with van der Waals surface area (Å²) >= 11 is 5.86. The lowest BCUT2D eigenvalue weighted by atomic mass is 10.0. The molecule has 1 fully saturated rings. The van der Waals surface area contributed by atoms with Gasteiger partial charge >= 0.3 is 5.97 Å². The number of hydrogen-bond acceptors (Lipinski definition) is 6. The number of rotatable bonds is 7. The first-order valence-electron chi connectivity index (χ1n) is 13.1. The minimum Gasteiger partial charge on any atom is -0.465 e. The van der Waals surface area contributed by atoms with E-state index in [1.165, 1.54) is 7.11 Å². The number of esters is 1. The molecule has 204 valence electrons. The molecule has 0 amide bonds. The molecule has 0 spiro atoms. The summed E-state index contributed by atoms with van der Waals surface area (Å²) in [6.45, 7) is 2.02. The number of nitrogens with zero attached hydrogens (tertiary/aromatic N) is 2. The highest BCUT2D eigenvalue weighted by Gasteiger charge is 2.42. The van der Waals surface area contributed by atoms with Gasteiger partial charge in [-0.3, -0.25) is 4.98 Å². The molecule has 1 N–H and O–H groups in total. The van der Waals surface area contributed by atoms with Crippen molar-refractivity contribution in [3.8, 4) is 22.8 Å². The molecule has 0 bridgehead atoms. The van der Waals surface area contributed by atoms with Gasteiger partial charge in [0.05, 0.1) is 24.4 Å².